The molecule has 0 radical (unpaired) electrons. The summed E-state index contributed by atoms with van der Waals surface area (Å²) in [7, 11) is 0. The van der Waals surface area contributed by atoms with Crippen LogP contribution in [0.3, 0.4) is 0 Å². The lowest BCUT2D eigenvalue weighted by molar-refractivity contribution is 0.535. The summed E-state index contributed by atoms with van der Waals surface area (Å²) in [6, 6.07) is 3.80. The van der Waals surface area contributed by atoms with Crippen molar-refractivity contribution in [2.24, 2.45) is 0 Å². The third-order valence-electron chi connectivity index (χ3n) is 3.93. The molecule has 1 aromatic carbocycles. The van der Waals surface area contributed by atoms with E-state index < -0.39 is 0 Å². The molecule has 4 heteroatoms. The number of nitrogens with zero attached hydrogens (tertiary/aromatic N) is 1. The minimum atomic E-state index is -0.0984. The smallest absolute Gasteiger partial charge is 0.136 e. The van der Waals surface area contributed by atoms with Crippen molar-refractivity contribution >= 4 is 0 Å². The summed E-state index contributed by atoms with van der Waals surface area (Å²) < 4.78 is 14.8. The van der Waals surface area contributed by atoms with Crippen LogP contribution in [0.5, 0.6) is 0 Å². The molecule has 20 heavy (non-hydrogen) atoms. The molecular weight excluding hydrogens is 253 g/mol. The molecule has 0 saturated heterocycles. The normalized spacial score (nSPS) is 15.2. The van der Waals surface area contributed by atoms with E-state index >= 15 is 0 Å². The van der Waals surface area contributed by atoms with Crippen molar-refractivity contribution in [3.8, 4) is 11.3 Å². The fourth-order valence-corrected chi connectivity index (χ4v) is 2.91. The number of benzene rings is 1. The first-order valence-electron chi connectivity index (χ1n) is 7.03. The zero-order chi connectivity index (χ0) is 14.3. The average molecular weight is 273 g/mol. The number of aromatic nitrogens is 2. The predicted octanol–water partition coefficient (Wildman–Crippen LogP) is 3.16. The second-order valence-corrected chi connectivity index (χ2v) is 6.39. The maximum Gasteiger partial charge on any atom is 0.136 e. The molecule has 1 aliphatic rings. The Hall–Kier alpha value is -1.68. The number of nitrogens with one attached hydrogen (secondary N) is 2. The first kappa shape index (κ1) is 13.3. The topological polar surface area (TPSA) is 40.7 Å². The van der Waals surface area contributed by atoms with Gasteiger partial charge in [0, 0.05) is 18.3 Å². The molecule has 0 amide bonds. The molecular formula is C16H20FN3. The van der Waals surface area contributed by atoms with E-state index in [9.17, 15) is 4.39 Å². The van der Waals surface area contributed by atoms with Gasteiger partial charge in [-0.2, -0.15) is 5.10 Å². The maximum atomic E-state index is 14.8. The number of hydrogen-bond donors (Lipinski definition) is 2. The minimum absolute atomic E-state index is 0.00836. The van der Waals surface area contributed by atoms with Crippen LogP contribution in [0.4, 0.5) is 4.39 Å². The molecule has 0 spiro atoms. The van der Waals surface area contributed by atoms with E-state index in [2.05, 4.69) is 36.3 Å². The van der Waals surface area contributed by atoms with E-state index in [1.807, 2.05) is 12.1 Å². The minimum Gasteiger partial charge on any atom is -0.312 e. The molecule has 3 rings (SSSR count). The molecule has 3 nitrogen and oxygen atoms in total. The largest absolute Gasteiger partial charge is 0.312 e. The zero-order valence-electron chi connectivity index (χ0n) is 12.2. The van der Waals surface area contributed by atoms with Crippen molar-refractivity contribution in [1.29, 1.82) is 0 Å². The highest BCUT2D eigenvalue weighted by Gasteiger charge is 2.27. The Kier molecular flexibility index (Phi) is 3.13. The van der Waals surface area contributed by atoms with Crippen LogP contribution >= 0.6 is 0 Å². The van der Waals surface area contributed by atoms with Gasteiger partial charge in [-0.25, -0.2) is 4.39 Å². The summed E-state index contributed by atoms with van der Waals surface area (Å²) in [5.41, 5.74) is 4.57. The van der Waals surface area contributed by atoms with E-state index in [4.69, 9.17) is 0 Å². The van der Waals surface area contributed by atoms with Gasteiger partial charge in [0.15, 0.2) is 0 Å². The fourth-order valence-electron chi connectivity index (χ4n) is 2.91. The molecule has 0 saturated carbocycles. The quantitative estimate of drug-likeness (QED) is 0.838. The molecule has 0 bridgehead atoms. The van der Waals surface area contributed by atoms with Crippen LogP contribution in [-0.4, -0.2) is 16.7 Å². The lowest BCUT2D eigenvalue weighted by Gasteiger charge is -2.29. The molecule has 0 fully saturated rings. The molecule has 2 aromatic rings. The van der Waals surface area contributed by atoms with Crippen LogP contribution in [0, 0.1) is 5.82 Å². The van der Waals surface area contributed by atoms with Gasteiger partial charge in [-0.3, -0.25) is 5.10 Å². The van der Waals surface area contributed by atoms with Gasteiger partial charge in [-0.15, -0.1) is 0 Å². The van der Waals surface area contributed by atoms with Crippen molar-refractivity contribution < 1.29 is 4.39 Å². The number of hydrogen-bond acceptors (Lipinski definition) is 2. The van der Waals surface area contributed by atoms with Crippen molar-refractivity contribution in [3.05, 3.63) is 40.8 Å². The van der Waals surface area contributed by atoms with Gasteiger partial charge >= 0.3 is 0 Å². The van der Waals surface area contributed by atoms with Crippen LogP contribution in [0.25, 0.3) is 11.3 Å². The summed E-state index contributed by atoms with van der Waals surface area (Å²) in [4.78, 5) is 0. The molecule has 0 unspecified atom stereocenters. The van der Waals surface area contributed by atoms with Crippen LogP contribution in [0.1, 0.15) is 37.5 Å². The second-order valence-electron chi connectivity index (χ2n) is 6.39. The molecule has 106 valence electrons. The zero-order valence-corrected chi connectivity index (χ0v) is 12.2. The number of fused-ring (bicyclic) bond motifs is 1. The van der Waals surface area contributed by atoms with Crippen molar-refractivity contribution in [3.63, 3.8) is 0 Å². The van der Waals surface area contributed by atoms with Crippen LogP contribution in [0.15, 0.2) is 18.3 Å². The number of aromatic amines is 1. The molecule has 0 aliphatic carbocycles. The highest BCUT2D eigenvalue weighted by atomic mass is 19.1. The number of halogens is 1. The van der Waals surface area contributed by atoms with E-state index in [0.29, 0.717) is 5.56 Å². The van der Waals surface area contributed by atoms with E-state index in [1.165, 1.54) is 5.56 Å². The lowest BCUT2D eigenvalue weighted by atomic mass is 9.79. The number of rotatable bonds is 1. The second kappa shape index (κ2) is 4.70. The van der Waals surface area contributed by atoms with Crippen molar-refractivity contribution in [2.45, 2.75) is 39.2 Å². The predicted molar refractivity (Wildman–Crippen MR) is 78.1 cm³/mol. The molecule has 1 aromatic heterocycles. The Morgan fingerprint density at radius 1 is 1.25 bits per heavy atom. The van der Waals surface area contributed by atoms with Crippen LogP contribution < -0.4 is 5.32 Å². The van der Waals surface area contributed by atoms with Gasteiger partial charge in [0.1, 0.15) is 5.82 Å². The SMILES string of the molecule is CC(C)(C)c1cc(-c2ccn[nH]2)c(F)c2c1CNCC2. The molecule has 2 N–H and O–H groups in total. The van der Waals surface area contributed by atoms with Gasteiger partial charge in [-0.05, 0) is 47.2 Å². The Labute approximate surface area is 118 Å². The summed E-state index contributed by atoms with van der Waals surface area (Å²) in [6.07, 6.45) is 2.40. The molecule has 1 aliphatic heterocycles. The third-order valence-corrected chi connectivity index (χ3v) is 3.93. The molecule has 0 atom stereocenters. The Morgan fingerprint density at radius 3 is 2.70 bits per heavy atom. The fraction of sp³-hybridized carbons (Fsp3) is 0.438. The third kappa shape index (κ3) is 2.14. The number of H-pyrrole nitrogens is 1. The van der Waals surface area contributed by atoms with Crippen LogP contribution in [0.2, 0.25) is 0 Å². The Morgan fingerprint density at radius 2 is 2.05 bits per heavy atom. The highest BCUT2D eigenvalue weighted by Crippen LogP contribution is 2.36. The van der Waals surface area contributed by atoms with Gasteiger partial charge in [0.05, 0.1) is 5.69 Å². The monoisotopic (exact) mass is 273 g/mol. The first-order valence-corrected chi connectivity index (χ1v) is 7.03. The first-order chi connectivity index (χ1) is 9.48. The van der Waals surface area contributed by atoms with E-state index in [0.717, 1.165) is 36.3 Å². The maximum absolute atomic E-state index is 14.8. The summed E-state index contributed by atoms with van der Waals surface area (Å²) in [5.74, 6) is -0.0984. The lowest BCUT2D eigenvalue weighted by Crippen LogP contribution is -2.29. The van der Waals surface area contributed by atoms with Gasteiger partial charge in [0.25, 0.3) is 0 Å². The van der Waals surface area contributed by atoms with E-state index in [-0.39, 0.29) is 11.2 Å². The van der Waals surface area contributed by atoms with Crippen molar-refractivity contribution in [2.75, 3.05) is 6.54 Å². The standard InChI is InChI=1S/C16H20FN3/c1-16(2,3)13-8-11(14-5-7-19-20-14)15(17)10-4-6-18-9-12(10)13/h5,7-8,18H,4,6,9H2,1-3H3,(H,19,20). The molecule has 2 heterocycles. The van der Waals surface area contributed by atoms with E-state index in [1.54, 1.807) is 6.20 Å². The van der Waals surface area contributed by atoms with Gasteiger partial charge < -0.3 is 5.32 Å². The summed E-state index contributed by atoms with van der Waals surface area (Å²) in [5, 5.41) is 10.2. The van der Waals surface area contributed by atoms with Crippen LogP contribution in [-0.2, 0) is 18.4 Å². The van der Waals surface area contributed by atoms with Crippen molar-refractivity contribution in [1.82, 2.24) is 15.5 Å². The Balaban J connectivity index is 2.27. The van der Waals surface area contributed by atoms with Gasteiger partial charge in [0.2, 0.25) is 0 Å². The highest BCUT2D eigenvalue weighted by molar-refractivity contribution is 5.65. The Bertz CT molecular complexity index is 624. The van der Waals surface area contributed by atoms with Gasteiger partial charge in [-0.1, -0.05) is 20.8 Å². The summed E-state index contributed by atoms with van der Waals surface area (Å²) in [6.45, 7) is 8.10. The average Bonchev–Trinajstić information content (AvgIpc) is 2.92. The summed E-state index contributed by atoms with van der Waals surface area (Å²) >= 11 is 0.